The topological polar surface area (TPSA) is 73.9 Å². The van der Waals surface area contributed by atoms with Crippen molar-refractivity contribution in [1.82, 2.24) is 19.9 Å². The Morgan fingerprint density at radius 1 is 1.15 bits per heavy atom. The molecule has 2 aliphatic carbocycles. The molecule has 5 rings (SSSR count). The van der Waals surface area contributed by atoms with Crippen LogP contribution in [-0.4, -0.2) is 26.3 Å². The highest BCUT2D eigenvalue weighted by molar-refractivity contribution is 5.73. The third kappa shape index (κ3) is 4.52. The van der Waals surface area contributed by atoms with Crippen LogP contribution in [0.25, 0.3) is 0 Å². The highest BCUT2D eigenvalue weighted by Gasteiger charge is 2.37. The minimum absolute atomic E-state index is 0.0449. The number of aromatic nitrogens is 3. The van der Waals surface area contributed by atoms with Gasteiger partial charge in [0.2, 0.25) is 6.41 Å². The monoisotopic (exact) mass is 439 g/mol. The summed E-state index contributed by atoms with van der Waals surface area (Å²) >= 11 is 0. The van der Waals surface area contributed by atoms with Crippen LogP contribution in [0, 0.1) is 5.92 Å². The van der Waals surface area contributed by atoms with E-state index in [-0.39, 0.29) is 18.0 Å². The molecular formula is C27H29N5O. The highest BCUT2D eigenvalue weighted by Crippen LogP contribution is 2.43. The minimum Gasteiger partial charge on any atom is -0.347 e. The standard InChI is InChI=1S/C27H29N5O/c33-19-31-23-13-5-4-10-22(23)18-32(24-14-6-11-20-12-7-15-28-25(20)24)26(27-29-16-17-30-27)21-8-2-1-3-9-21/h1-5,7-8,10,12-13,15-17,19,21,24,26H,6,9,11,14,18H2,(H,29,30)(H,31,33). The van der Waals surface area contributed by atoms with E-state index in [0.717, 1.165) is 54.9 Å². The molecule has 33 heavy (non-hydrogen) atoms. The molecule has 1 amide bonds. The van der Waals surface area contributed by atoms with Gasteiger partial charge in [0.05, 0.1) is 17.8 Å². The number of allylic oxidation sites excluding steroid dienone is 3. The fourth-order valence-corrected chi connectivity index (χ4v) is 5.25. The largest absolute Gasteiger partial charge is 0.347 e. The molecule has 0 bridgehead atoms. The van der Waals surface area contributed by atoms with Crippen molar-refractivity contribution in [2.45, 2.75) is 44.3 Å². The molecule has 1 aromatic carbocycles. The van der Waals surface area contributed by atoms with Gasteiger partial charge >= 0.3 is 0 Å². The van der Waals surface area contributed by atoms with Gasteiger partial charge in [0.15, 0.2) is 0 Å². The average Bonchev–Trinajstić information content (AvgIpc) is 3.40. The molecule has 0 saturated heterocycles. The number of amides is 1. The number of hydrogen-bond acceptors (Lipinski definition) is 4. The Kier molecular flexibility index (Phi) is 6.44. The smallest absolute Gasteiger partial charge is 0.211 e. The SMILES string of the molecule is O=CNc1ccccc1CN(C1CCCc2cccnc21)C(c1ncc[nH]1)C1C=CC=CC1. The summed E-state index contributed by atoms with van der Waals surface area (Å²) in [5.74, 6) is 1.24. The number of pyridine rings is 1. The maximum Gasteiger partial charge on any atom is 0.211 e. The van der Waals surface area contributed by atoms with Crippen molar-refractivity contribution in [3.05, 3.63) is 102 Å². The molecule has 0 saturated carbocycles. The number of nitrogens with one attached hydrogen (secondary N) is 2. The normalized spacial score (nSPS) is 20.4. The Morgan fingerprint density at radius 2 is 2.09 bits per heavy atom. The molecule has 3 atom stereocenters. The lowest BCUT2D eigenvalue weighted by atomic mass is 9.85. The van der Waals surface area contributed by atoms with Crippen LogP contribution in [0.5, 0.6) is 0 Å². The van der Waals surface area contributed by atoms with Crippen LogP contribution in [0.15, 0.2) is 79.3 Å². The summed E-state index contributed by atoms with van der Waals surface area (Å²) in [5, 5.41) is 2.89. The lowest BCUT2D eigenvalue weighted by Gasteiger charge is -2.42. The van der Waals surface area contributed by atoms with E-state index in [0.29, 0.717) is 6.54 Å². The molecule has 6 nitrogen and oxygen atoms in total. The van der Waals surface area contributed by atoms with Crippen molar-refractivity contribution in [2.75, 3.05) is 5.32 Å². The molecule has 6 heteroatoms. The summed E-state index contributed by atoms with van der Waals surface area (Å²) in [7, 11) is 0. The van der Waals surface area contributed by atoms with Gasteiger partial charge < -0.3 is 10.3 Å². The molecule has 3 unspecified atom stereocenters. The number of nitrogens with zero attached hydrogens (tertiary/aromatic N) is 3. The Balaban J connectivity index is 1.61. The first-order valence-electron chi connectivity index (χ1n) is 11.7. The fraction of sp³-hybridized carbons (Fsp3) is 0.296. The summed E-state index contributed by atoms with van der Waals surface area (Å²) in [6, 6.07) is 12.5. The number of rotatable bonds is 8. The van der Waals surface area contributed by atoms with E-state index in [1.807, 2.05) is 42.9 Å². The number of carbonyl (C=O) groups is 1. The second-order valence-corrected chi connectivity index (χ2v) is 8.68. The van der Waals surface area contributed by atoms with Crippen LogP contribution in [0.4, 0.5) is 5.69 Å². The van der Waals surface area contributed by atoms with Crippen LogP contribution in [0.1, 0.15) is 54.0 Å². The molecule has 2 aromatic heterocycles. The maximum atomic E-state index is 11.3. The highest BCUT2D eigenvalue weighted by atomic mass is 16.1. The van der Waals surface area contributed by atoms with E-state index in [4.69, 9.17) is 9.97 Å². The van der Waals surface area contributed by atoms with Crippen molar-refractivity contribution in [3.63, 3.8) is 0 Å². The van der Waals surface area contributed by atoms with Gasteiger partial charge in [-0.2, -0.15) is 0 Å². The van der Waals surface area contributed by atoms with Gasteiger partial charge in [0.25, 0.3) is 0 Å². The average molecular weight is 440 g/mol. The quantitative estimate of drug-likeness (QED) is 0.478. The Labute approximate surface area is 194 Å². The maximum absolute atomic E-state index is 11.3. The molecule has 0 spiro atoms. The fourth-order valence-electron chi connectivity index (χ4n) is 5.25. The van der Waals surface area contributed by atoms with Crippen LogP contribution < -0.4 is 5.32 Å². The van der Waals surface area contributed by atoms with Gasteiger partial charge in [-0.3, -0.25) is 14.7 Å². The number of anilines is 1. The predicted octanol–water partition coefficient (Wildman–Crippen LogP) is 5.13. The van der Waals surface area contributed by atoms with Gasteiger partial charge in [0, 0.05) is 36.7 Å². The number of para-hydroxylation sites is 1. The zero-order valence-electron chi connectivity index (χ0n) is 18.6. The summed E-state index contributed by atoms with van der Waals surface area (Å²) in [6.07, 6.45) is 19.3. The van der Waals surface area contributed by atoms with Gasteiger partial charge in [-0.05, 0) is 48.9 Å². The predicted molar refractivity (Wildman–Crippen MR) is 129 cm³/mol. The zero-order valence-corrected chi connectivity index (χ0v) is 18.6. The first kappa shape index (κ1) is 21.3. The third-order valence-electron chi connectivity index (χ3n) is 6.73. The molecular weight excluding hydrogens is 410 g/mol. The van der Waals surface area contributed by atoms with E-state index in [9.17, 15) is 4.79 Å². The Bertz CT molecular complexity index is 1140. The number of fused-ring (bicyclic) bond motifs is 1. The Morgan fingerprint density at radius 3 is 2.91 bits per heavy atom. The van der Waals surface area contributed by atoms with E-state index in [2.05, 4.69) is 51.6 Å². The number of imidazole rings is 1. The lowest BCUT2D eigenvalue weighted by Crippen LogP contribution is -2.39. The zero-order chi connectivity index (χ0) is 22.5. The van der Waals surface area contributed by atoms with E-state index >= 15 is 0 Å². The van der Waals surface area contributed by atoms with Crippen LogP contribution >= 0.6 is 0 Å². The van der Waals surface area contributed by atoms with Gasteiger partial charge in [-0.15, -0.1) is 0 Å². The van der Waals surface area contributed by atoms with Crippen LogP contribution in [0.2, 0.25) is 0 Å². The summed E-state index contributed by atoms with van der Waals surface area (Å²) in [4.78, 5) is 26.8. The van der Waals surface area contributed by atoms with E-state index < -0.39 is 0 Å². The van der Waals surface area contributed by atoms with Crippen LogP contribution in [-0.2, 0) is 17.8 Å². The first-order valence-corrected chi connectivity index (χ1v) is 11.7. The number of benzene rings is 1. The van der Waals surface area contributed by atoms with Gasteiger partial charge in [-0.1, -0.05) is 48.6 Å². The van der Waals surface area contributed by atoms with Gasteiger partial charge in [-0.25, -0.2) is 4.98 Å². The lowest BCUT2D eigenvalue weighted by molar-refractivity contribution is -0.105. The summed E-state index contributed by atoms with van der Waals surface area (Å²) in [5.41, 5.74) is 4.41. The number of aryl methyl sites for hydroxylation is 1. The Hall–Kier alpha value is -3.51. The molecule has 0 fully saturated rings. The van der Waals surface area contributed by atoms with Crippen LogP contribution in [0.3, 0.4) is 0 Å². The van der Waals surface area contributed by atoms with Crippen molar-refractivity contribution in [3.8, 4) is 0 Å². The van der Waals surface area contributed by atoms with E-state index in [1.54, 1.807) is 0 Å². The van der Waals surface area contributed by atoms with Crippen molar-refractivity contribution >= 4 is 12.1 Å². The molecule has 3 aromatic rings. The minimum atomic E-state index is 0.0449. The molecule has 168 valence electrons. The molecule has 2 N–H and O–H groups in total. The number of hydrogen-bond donors (Lipinski definition) is 2. The molecule has 0 radical (unpaired) electrons. The second-order valence-electron chi connectivity index (χ2n) is 8.68. The first-order chi connectivity index (χ1) is 16.3. The number of carbonyl (C=O) groups excluding carboxylic acids is 1. The molecule has 2 aliphatic rings. The molecule has 2 heterocycles. The van der Waals surface area contributed by atoms with Crippen molar-refractivity contribution in [2.24, 2.45) is 5.92 Å². The summed E-state index contributed by atoms with van der Waals surface area (Å²) < 4.78 is 0. The summed E-state index contributed by atoms with van der Waals surface area (Å²) in [6.45, 7) is 0.678. The van der Waals surface area contributed by atoms with Crippen molar-refractivity contribution < 1.29 is 4.79 Å². The molecule has 0 aliphatic heterocycles. The second kappa shape index (κ2) is 9.96. The van der Waals surface area contributed by atoms with Gasteiger partial charge in [0.1, 0.15) is 5.82 Å². The number of H-pyrrole nitrogens is 1. The van der Waals surface area contributed by atoms with E-state index in [1.165, 1.54) is 5.56 Å². The third-order valence-corrected chi connectivity index (χ3v) is 6.73. The number of aromatic amines is 1. The van der Waals surface area contributed by atoms with Crippen molar-refractivity contribution in [1.29, 1.82) is 0 Å².